The van der Waals surface area contributed by atoms with E-state index in [0.717, 1.165) is 11.1 Å². The molecule has 1 aromatic carbocycles. The van der Waals surface area contributed by atoms with Crippen molar-refractivity contribution in [1.82, 2.24) is 4.98 Å². The van der Waals surface area contributed by atoms with Gasteiger partial charge < -0.3 is 5.32 Å². The van der Waals surface area contributed by atoms with Crippen LogP contribution in [0.2, 0.25) is 0 Å². The number of rotatable bonds is 4. The molecule has 0 aliphatic carbocycles. The molecule has 2 aromatic rings. The molecule has 0 radical (unpaired) electrons. The largest absolute Gasteiger partial charge is 0.366 e. The van der Waals surface area contributed by atoms with Crippen molar-refractivity contribution in [2.75, 3.05) is 11.9 Å². The van der Waals surface area contributed by atoms with Gasteiger partial charge in [0.2, 0.25) is 0 Å². The summed E-state index contributed by atoms with van der Waals surface area (Å²) in [4.78, 5) is 4.28. The van der Waals surface area contributed by atoms with E-state index < -0.39 is 0 Å². The fraction of sp³-hybridized carbons (Fsp3) is 0.0667. The van der Waals surface area contributed by atoms with E-state index in [4.69, 9.17) is 5.26 Å². The van der Waals surface area contributed by atoms with Crippen molar-refractivity contribution in [3.63, 3.8) is 0 Å². The highest BCUT2D eigenvalue weighted by atomic mass is 15.0. The molecule has 0 aliphatic heterocycles. The first-order valence-electron chi connectivity index (χ1n) is 5.65. The zero-order valence-corrected chi connectivity index (χ0v) is 9.93. The van der Waals surface area contributed by atoms with E-state index in [-0.39, 0.29) is 0 Å². The minimum absolute atomic E-state index is 0.540. The zero-order chi connectivity index (χ0) is 12.8. The summed E-state index contributed by atoms with van der Waals surface area (Å²) in [5, 5.41) is 12.2. The third-order valence-corrected chi connectivity index (χ3v) is 2.53. The molecule has 1 aromatic heterocycles. The maximum Gasteiger partial charge on any atom is 0.144 e. The molecule has 0 aliphatic rings. The van der Waals surface area contributed by atoms with Crippen LogP contribution in [-0.4, -0.2) is 11.5 Å². The van der Waals surface area contributed by atoms with Crippen LogP contribution < -0.4 is 5.32 Å². The lowest BCUT2D eigenvalue weighted by Gasteiger charge is -2.07. The van der Waals surface area contributed by atoms with Gasteiger partial charge >= 0.3 is 0 Å². The number of nitrogens with one attached hydrogen (secondary N) is 1. The monoisotopic (exact) mass is 235 g/mol. The van der Waals surface area contributed by atoms with Gasteiger partial charge in [0.25, 0.3) is 0 Å². The maximum atomic E-state index is 9.13. The molecule has 0 fully saturated rings. The quantitative estimate of drug-likeness (QED) is 0.828. The lowest BCUT2D eigenvalue weighted by Crippen LogP contribution is -2.02. The van der Waals surface area contributed by atoms with E-state index in [9.17, 15) is 0 Å². The number of benzene rings is 1. The molecular formula is C15H13N3. The summed E-state index contributed by atoms with van der Waals surface area (Å²) in [6.07, 6.45) is 3.50. The van der Waals surface area contributed by atoms with Gasteiger partial charge in [0, 0.05) is 18.3 Å². The SMILES string of the molecule is C=CCNc1ncc(-c2ccccc2)cc1C#N. The fourth-order valence-electron chi connectivity index (χ4n) is 1.65. The van der Waals surface area contributed by atoms with Crippen LogP contribution >= 0.6 is 0 Å². The van der Waals surface area contributed by atoms with E-state index >= 15 is 0 Å². The van der Waals surface area contributed by atoms with Crippen LogP contribution in [0, 0.1) is 11.3 Å². The molecule has 0 spiro atoms. The van der Waals surface area contributed by atoms with E-state index in [1.165, 1.54) is 0 Å². The number of aromatic nitrogens is 1. The summed E-state index contributed by atoms with van der Waals surface area (Å²) >= 11 is 0. The molecule has 0 amide bonds. The average molecular weight is 235 g/mol. The van der Waals surface area contributed by atoms with Crippen molar-refractivity contribution in [2.45, 2.75) is 0 Å². The van der Waals surface area contributed by atoms with Crippen LogP contribution in [0.1, 0.15) is 5.56 Å². The summed E-state index contributed by atoms with van der Waals surface area (Å²) in [6, 6.07) is 13.9. The summed E-state index contributed by atoms with van der Waals surface area (Å²) < 4.78 is 0. The van der Waals surface area contributed by atoms with Crippen LogP contribution in [0.5, 0.6) is 0 Å². The van der Waals surface area contributed by atoms with E-state index in [2.05, 4.69) is 22.9 Å². The Morgan fingerprint density at radius 1 is 1.28 bits per heavy atom. The molecule has 0 unspecified atom stereocenters. The molecule has 2 rings (SSSR count). The van der Waals surface area contributed by atoms with Gasteiger partial charge in [0.1, 0.15) is 11.9 Å². The van der Waals surface area contributed by atoms with Gasteiger partial charge in [0.15, 0.2) is 0 Å². The third kappa shape index (κ3) is 2.55. The molecule has 3 heteroatoms. The smallest absolute Gasteiger partial charge is 0.144 e. The van der Waals surface area contributed by atoms with Crippen LogP contribution in [0.25, 0.3) is 11.1 Å². The Kier molecular flexibility index (Phi) is 3.72. The zero-order valence-electron chi connectivity index (χ0n) is 9.93. The van der Waals surface area contributed by atoms with Gasteiger partial charge in [-0.1, -0.05) is 36.4 Å². The number of hydrogen-bond acceptors (Lipinski definition) is 3. The first kappa shape index (κ1) is 11.9. The van der Waals surface area contributed by atoms with Crippen LogP contribution in [-0.2, 0) is 0 Å². The number of hydrogen-bond donors (Lipinski definition) is 1. The Morgan fingerprint density at radius 2 is 2.06 bits per heavy atom. The molecule has 0 atom stereocenters. The van der Waals surface area contributed by atoms with Crippen molar-refractivity contribution >= 4 is 5.82 Å². The highest BCUT2D eigenvalue weighted by molar-refractivity contribution is 5.67. The van der Waals surface area contributed by atoms with Crippen LogP contribution in [0.15, 0.2) is 55.3 Å². The second kappa shape index (κ2) is 5.65. The molecule has 3 nitrogen and oxygen atoms in total. The van der Waals surface area contributed by atoms with Crippen molar-refractivity contribution in [3.8, 4) is 17.2 Å². The average Bonchev–Trinajstić information content (AvgIpc) is 2.46. The fourth-order valence-corrected chi connectivity index (χ4v) is 1.65. The number of pyridine rings is 1. The molecule has 0 saturated carbocycles. The molecule has 88 valence electrons. The van der Waals surface area contributed by atoms with Gasteiger partial charge in [-0.3, -0.25) is 0 Å². The van der Waals surface area contributed by atoms with Gasteiger partial charge in [0.05, 0.1) is 5.56 Å². The molecule has 0 saturated heterocycles. The maximum absolute atomic E-state index is 9.13. The van der Waals surface area contributed by atoms with Gasteiger partial charge in [-0.15, -0.1) is 6.58 Å². The third-order valence-electron chi connectivity index (χ3n) is 2.53. The molecule has 0 bridgehead atoms. The Morgan fingerprint density at radius 3 is 2.72 bits per heavy atom. The standard InChI is InChI=1S/C15H13N3/c1-2-8-17-15-13(10-16)9-14(11-18-15)12-6-4-3-5-7-12/h2-7,9,11H,1,8H2,(H,17,18). The Bertz CT molecular complexity index is 582. The first-order chi connectivity index (χ1) is 8.85. The highest BCUT2D eigenvalue weighted by Gasteiger charge is 2.05. The highest BCUT2D eigenvalue weighted by Crippen LogP contribution is 2.22. The summed E-state index contributed by atoms with van der Waals surface area (Å²) in [5.74, 6) is 0.595. The summed E-state index contributed by atoms with van der Waals surface area (Å²) in [7, 11) is 0. The Labute approximate surface area is 106 Å². The lowest BCUT2D eigenvalue weighted by atomic mass is 10.1. The summed E-state index contributed by atoms with van der Waals surface area (Å²) in [6.45, 7) is 4.21. The van der Waals surface area contributed by atoms with Crippen molar-refractivity contribution in [1.29, 1.82) is 5.26 Å². The number of nitrogens with zero attached hydrogens (tertiary/aromatic N) is 2. The number of nitriles is 1. The Balaban J connectivity index is 2.36. The van der Waals surface area contributed by atoms with Gasteiger partial charge in [-0.05, 0) is 11.6 Å². The van der Waals surface area contributed by atoms with Crippen molar-refractivity contribution in [2.24, 2.45) is 0 Å². The van der Waals surface area contributed by atoms with Gasteiger partial charge in [-0.25, -0.2) is 4.98 Å². The second-order valence-electron chi connectivity index (χ2n) is 3.77. The second-order valence-corrected chi connectivity index (χ2v) is 3.77. The molecule has 18 heavy (non-hydrogen) atoms. The number of anilines is 1. The molecule has 1 heterocycles. The predicted molar refractivity (Wildman–Crippen MR) is 73.1 cm³/mol. The summed E-state index contributed by atoms with van der Waals surface area (Å²) in [5.41, 5.74) is 2.53. The minimum atomic E-state index is 0.540. The van der Waals surface area contributed by atoms with Crippen molar-refractivity contribution in [3.05, 3.63) is 60.8 Å². The van der Waals surface area contributed by atoms with E-state index in [1.807, 2.05) is 36.4 Å². The molecular weight excluding hydrogens is 222 g/mol. The predicted octanol–water partition coefficient (Wildman–Crippen LogP) is 3.22. The minimum Gasteiger partial charge on any atom is -0.366 e. The van der Waals surface area contributed by atoms with Crippen LogP contribution in [0.4, 0.5) is 5.82 Å². The van der Waals surface area contributed by atoms with Gasteiger partial charge in [-0.2, -0.15) is 5.26 Å². The van der Waals surface area contributed by atoms with Crippen LogP contribution in [0.3, 0.4) is 0 Å². The normalized spacial score (nSPS) is 9.50. The topological polar surface area (TPSA) is 48.7 Å². The lowest BCUT2D eigenvalue weighted by molar-refractivity contribution is 1.22. The first-order valence-corrected chi connectivity index (χ1v) is 5.65. The Hall–Kier alpha value is -2.60. The molecule has 1 N–H and O–H groups in total. The van der Waals surface area contributed by atoms with E-state index in [0.29, 0.717) is 17.9 Å². The van der Waals surface area contributed by atoms with E-state index in [1.54, 1.807) is 12.3 Å². The van der Waals surface area contributed by atoms with Crippen molar-refractivity contribution < 1.29 is 0 Å².